The zero-order valence-electron chi connectivity index (χ0n) is 13.4. The lowest BCUT2D eigenvalue weighted by Crippen LogP contribution is -2.40. The van der Waals surface area contributed by atoms with E-state index in [1.165, 1.54) is 0 Å². The number of hydrogen-bond acceptors (Lipinski definition) is 5. The fourth-order valence-electron chi connectivity index (χ4n) is 2.50. The molecule has 0 aliphatic carbocycles. The standard InChI is InChI=1S/C16H25BrN2O3/c1-3-22-16-13(10-14(17)11-15(16)20-2)12-18-4-5-19-6-8-21-9-7-19/h10-11,18H,3-9,12H2,1-2H3. The van der Waals surface area contributed by atoms with Crippen LogP contribution in [0.2, 0.25) is 0 Å². The zero-order chi connectivity index (χ0) is 15.8. The molecule has 124 valence electrons. The van der Waals surface area contributed by atoms with E-state index in [-0.39, 0.29) is 0 Å². The predicted molar refractivity (Wildman–Crippen MR) is 90.8 cm³/mol. The molecule has 1 heterocycles. The number of hydrogen-bond donors (Lipinski definition) is 1. The molecule has 1 saturated heterocycles. The van der Waals surface area contributed by atoms with Gasteiger partial charge in [-0.05, 0) is 19.1 Å². The summed E-state index contributed by atoms with van der Waals surface area (Å²) in [4.78, 5) is 2.42. The molecule has 0 aromatic heterocycles. The molecule has 0 unspecified atom stereocenters. The third-order valence-corrected chi connectivity index (χ3v) is 4.09. The number of benzene rings is 1. The number of nitrogens with zero attached hydrogens (tertiary/aromatic N) is 1. The number of halogens is 1. The minimum atomic E-state index is 0.624. The fourth-order valence-corrected chi connectivity index (χ4v) is 2.98. The SMILES string of the molecule is CCOc1c(CNCCN2CCOCC2)cc(Br)cc1OC. The first kappa shape index (κ1) is 17.5. The second-order valence-electron chi connectivity index (χ2n) is 5.16. The number of ether oxygens (including phenoxy) is 3. The molecule has 1 N–H and O–H groups in total. The van der Waals surface area contributed by atoms with Crippen LogP contribution in [-0.4, -0.2) is 58.0 Å². The van der Waals surface area contributed by atoms with Gasteiger partial charge in [0.2, 0.25) is 0 Å². The second-order valence-corrected chi connectivity index (χ2v) is 6.08. The normalized spacial score (nSPS) is 15.8. The molecule has 0 spiro atoms. The summed E-state index contributed by atoms with van der Waals surface area (Å²) < 4.78 is 17.5. The average molecular weight is 373 g/mol. The van der Waals surface area contributed by atoms with E-state index in [1.807, 2.05) is 13.0 Å². The summed E-state index contributed by atoms with van der Waals surface area (Å²) in [7, 11) is 1.67. The van der Waals surface area contributed by atoms with E-state index in [0.717, 1.165) is 67.5 Å². The van der Waals surface area contributed by atoms with E-state index in [9.17, 15) is 0 Å². The maximum Gasteiger partial charge on any atom is 0.165 e. The van der Waals surface area contributed by atoms with Crippen LogP contribution in [0, 0.1) is 0 Å². The highest BCUT2D eigenvalue weighted by atomic mass is 79.9. The van der Waals surface area contributed by atoms with Crippen molar-refractivity contribution in [2.24, 2.45) is 0 Å². The minimum absolute atomic E-state index is 0.624. The Kier molecular flexibility index (Phi) is 7.45. The molecule has 22 heavy (non-hydrogen) atoms. The lowest BCUT2D eigenvalue weighted by atomic mass is 10.2. The van der Waals surface area contributed by atoms with Gasteiger partial charge in [0.1, 0.15) is 0 Å². The Bertz CT molecular complexity index is 465. The third kappa shape index (κ3) is 5.12. The minimum Gasteiger partial charge on any atom is -0.493 e. The summed E-state index contributed by atoms with van der Waals surface area (Å²) in [6.07, 6.45) is 0. The molecule has 0 atom stereocenters. The molecule has 0 bridgehead atoms. The van der Waals surface area contributed by atoms with Gasteiger partial charge in [-0.1, -0.05) is 15.9 Å². The zero-order valence-corrected chi connectivity index (χ0v) is 14.9. The molecule has 1 aliphatic rings. The first-order chi connectivity index (χ1) is 10.7. The Morgan fingerprint density at radius 3 is 2.77 bits per heavy atom. The van der Waals surface area contributed by atoms with Crippen LogP contribution in [0.1, 0.15) is 12.5 Å². The molecule has 6 heteroatoms. The molecule has 1 aliphatic heterocycles. The van der Waals surface area contributed by atoms with Gasteiger partial charge in [0.05, 0.1) is 26.9 Å². The van der Waals surface area contributed by atoms with E-state index in [4.69, 9.17) is 14.2 Å². The Morgan fingerprint density at radius 1 is 1.32 bits per heavy atom. The van der Waals surface area contributed by atoms with E-state index >= 15 is 0 Å². The van der Waals surface area contributed by atoms with Gasteiger partial charge in [0.25, 0.3) is 0 Å². The molecule has 0 saturated carbocycles. The van der Waals surface area contributed by atoms with Crippen LogP contribution in [0.3, 0.4) is 0 Å². The summed E-state index contributed by atoms with van der Waals surface area (Å²) >= 11 is 3.53. The Balaban J connectivity index is 1.89. The van der Waals surface area contributed by atoms with Crippen LogP contribution in [0.5, 0.6) is 11.5 Å². The van der Waals surface area contributed by atoms with Crippen LogP contribution in [-0.2, 0) is 11.3 Å². The van der Waals surface area contributed by atoms with Gasteiger partial charge in [-0.3, -0.25) is 4.90 Å². The lowest BCUT2D eigenvalue weighted by Gasteiger charge is -2.26. The molecule has 5 nitrogen and oxygen atoms in total. The first-order valence-electron chi connectivity index (χ1n) is 7.74. The van der Waals surface area contributed by atoms with Crippen molar-refractivity contribution < 1.29 is 14.2 Å². The van der Waals surface area contributed by atoms with E-state index in [1.54, 1.807) is 7.11 Å². The third-order valence-electron chi connectivity index (χ3n) is 3.63. The van der Waals surface area contributed by atoms with Gasteiger partial charge in [0.15, 0.2) is 11.5 Å². The van der Waals surface area contributed by atoms with Gasteiger partial charge in [0, 0.05) is 42.8 Å². The van der Waals surface area contributed by atoms with Crippen molar-refractivity contribution in [3.63, 3.8) is 0 Å². The fraction of sp³-hybridized carbons (Fsp3) is 0.625. The van der Waals surface area contributed by atoms with Crippen molar-refractivity contribution in [2.75, 3.05) is 53.1 Å². The molecule has 1 fully saturated rings. The summed E-state index contributed by atoms with van der Waals surface area (Å²) in [5.41, 5.74) is 1.11. The smallest absolute Gasteiger partial charge is 0.165 e. The van der Waals surface area contributed by atoms with Crippen molar-refractivity contribution >= 4 is 15.9 Å². The maximum atomic E-state index is 5.75. The Morgan fingerprint density at radius 2 is 2.09 bits per heavy atom. The van der Waals surface area contributed by atoms with Crippen LogP contribution >= 0.6 is 15.9 Å². The topological polar surface area (TPSA) is 43.0 Å². The summed E-state index contributed by atoms with van der Waals surface area (Å²) in [6.45, 7) is 9.09. The van der Waals surface area contributed by atoms with Gasteiger partial charge < -0.3 is 19.5 Å². The van der Waals surface area contributed by atoms with Crippen LogP contribution in [0.25, 0.3) is 0 Å². The molecule has 1 aromatic rings. The van der Waals surface area contributed by atoms with Gasteiger partial charge in [-0.2, -0.15) is 0 Å². The molecule has 2 rings (SSSR count). The number of rotatable bonds is 8. The van der Waals surface area contributed by atoms with E-state index in [2.05, 4.69) is 32.2 Å². The summed E-state index contributed by atoms with van der Waals surface area (Å²) in [5, 5.41) is 3.49. The van der Waals surface area contributed by atoms with Crippen LogP contribution in [0.15, 0.2) is 16.6 Å². The summed E-state index contributed by atoms with van der Waals surface area (Å²) in [6, 6.07) is 4.01. The molecule has 0 radical (unpaired) electrons. The molecular weight excluding hydrogens is 348 g/mol. The number of nitrogens with one attached hydrogen (secondary N) is 1. The lowest BCUT2D eigenvalue weighted by molar-refractivity contribution is 0.0384. The van der Waals surface area contributed by atoms with Gasteiger partial charge in [-0.25, -0.2) is 0 Å². The van der Waals surface area contributed by atoms with Crippen molar-refractivity contribution in [3.8, 4) is 11.5 Å². The largest absolute Gasteiger partial charge is 0.493 e. The first-order valence-corrected chi connectivity index (χ1v) is 8.54. The highest BCUT2D eigenvalue weighted by molar-refractivity contribution is 9.10. The van der Waals surface area contributed by atoms with Crippen molar-refractivity contribution in [1.82, 2.24) is 10.2 Å². The number of methoxy groups -OCH3 is 1. The van der Waals surface area contributed by atoms with Gasteiger partial charge >= 0.3 is 0 Å². The van der Waals surface area contributed by atoms with E-state index < -0.39 is 0 Å². The van der Waals surface area contributed by atoms with E-state index in [0.29, 0.717) is 6.61 Å². The Hall–Kier alpha value is -0.820. The Labute approximate surface area is 141 Å². The quantitative estimate of drug-likeness (QED) is 0.709. The monoisotopic (exact) mass is 372 g/mol. The van der Waals surface area contributed by atoms with Crippen LogP contribution < -0.4 is 14.8 Å². The molecular formula is C16H25BrN2O3. The predicted octanol–water partition coefficient (Wildman–Crippen LogP) is 2.28. The van der Waals surface area contributed by atoms with Crippen LogP contribution in [0.4, 0.5) is 0 Å². The summed E-state index contributed by atoms with van der Waals surface area (Å²) in [5.74, 6) is 1.59. The highest BCUT2D eigenvalue weighted by Gasteiger charge is 2.13. The van der Waals surface area contributed by atoms with Crippen molar-refractivity contribution in [2.45, 2.75) is 13.5 Å². The van der Waals surface area contributed by atoms with Gasteiger partial charge in [-0.15, -0.1) is 0 Å². The second kappa shape index (κ2) is 9.35. The maximum absolute atomic E-state index is 5.75. The molecule has 1 aromatic carbocycles. The highest BCUT2D eigenvalue weighted by Crippen LogP contribution is 2.34. The van der Waals surface area contributed by atoms with Crippen molar-refractivity contribution in [3.05, 3.63) is 22.2 Å². The van der Waals surface area contributed by atoms with Crippen molar-refractivity contribution in [1.29, 1.82) is 0 Å². The number of morpholine rings is 1. The average Bonchev–Trinajstić information content (AvgIpc) is 2.54. The molecule has 0 amide bonds.